The number of fused-ring (bicyclic) bond motifs is 1. The van der Waals surface area contributed by atoms with Crippen LogP contribution in [0, 0.1) is 6.92 Å². The Kier molecular flexibility index (Phi) is 7.17. The molecule has 1 atom stereocenters. The van der Waals surface area contributed by atoms with E-state index in [2.05, 4.69) is 47.5 Å². The second kappa shape index (κ2) is 10.2. The molecule has 0 fully saturated rings. The first kappa shape index (κ1) is 21.8. The lowest BCUT2D eigenvalue weighted by Crippen LogP contribution is -2.15. The first-order valence-corrected chi connectivity index (χ1v) is 13.2. The van der Waals surface area contributed by atoms with Crippen molar-refractivity contribution in [3.8, 4) is 11.4 Å². The Balaban J connectivity index is 1.48. The highest BCUT2D eigenvalue weighted by atomic mass is 127. The lowest BCUT2D eigenvalue weighted by atomic mass is 10.1. The summed E-state index contributed by atoms with van der Waals surface area (Å²) in [6, 6.07) is 7.35. The van der Waals surface area contributed by atoms with Gasteiger partial charge in [0.05, 0.1) is 38.2 Å². The zero-order chi connectivity index (χ0) is 21.6. The van der Waals surface area contributed by atoms with E-state index in [1.54, 1.807) is 22.9 Å². The van der Waals surface area contributed by atoms with Crippen molar-refractivity contribution in [1.82, 2.24) is 24.5 Å². The molecule has 12 heteroatoms. The molecule has 0 aliphatic heterocycles. The Morgan fingerprint density at radius 3 is 2.97 bits per heavy atom. The Bertz CT molecular complexity index is 1180. The number of hydrogen-bond acceptors (Lipinski definition) is 8. The molecule has 0 aliphatic rings. The fourth-order valence-electron chi connectivity index (χ4n) is 2.86. The number of imidazole rings is 1. The highest BCUT2D eigenvalue weighted by Gasteiger charge is 2.15. The van der Waals surface area contributed by atoms with Crippen molar-refractivity contribution in [3.05, 3.63) is 60.1 Å². The van der Waals surface area contributed by atoms with Crippen LogP contribution in [0.15, 0.2) is 47.7 Å². The highest BCUT2D eigenvalue weighted by molar-refractivity contribution is 14.2. The van der Waals surface area contributed by atoms with E-state index in [1.165, 1.54) is 12.6 Å². The Morgan fingerprint density at radius 1 is 1.26 bits per heavy atom. The summed E-state index contributed by atoms with van der Waals surface area (Å²) in [4.78, 5) is 25.6. The second-order valence-electron chi connectivity index (χ2n) is 6.47. The third-order valence-electron chi connectivity index (χ3n) is 4.43. The van der Waals surface area contributed by atoms with Crippen LogP contribution in [0.2, 0.25) is 0 Å². The third kappa shape index (κ3) is 5.24. The zero-order valence-electron chi connectivity index (χ0n) is 16.4. The van der Waals surface area contributed by atoms with Gasteiger partial charge in [-0.1, -0.05) is 17.3 Å². The topological polar surface area (TPSA) is 117 Å². The van der Waals surface area contributed by atoms with Gasteiger partial charge in [0.25, 0.3) is 5.91 Å². The van der Waals surface area contributed by atoms with Crippen LogP contribution >= 0.6 is 28.5 Å². The van der Waals surface area contributed by atoms with E-state index in [0.29, 0.717) is 49.1 Å². The number of carbonyl (C=O) groups excluding carboxylic acids is 1. The summed E-state index contributed by atoms with van der Waals surface area (Å²) >= 11 is 2.16. The van der Waals surface area contributed by atoms with Crippen LogP contribution in [-0.2, 0) is 15.9 Å². The Morgan fingerprint density at radius 2 is 2.16 bits per heavy atom. The Labute approximate surface area is 192 Å². The number of hydrogen-bond donors (Lipinski definition) is 1. The number of benzene rings is 1. The number of amides is 1. The summed E-state index contributed by atoms with van der Waals surface area (Å²) in [5, 5.41) is 6.76. The van der Waals surface area contributed by atoms with Gasteiger partial charge in [-0.05, 0) is 40.6 Å². The molecular weight excluding hydrogens is 534 g/mol. The molecule has 160 valence electrons. The van der Waals surface area contributed by atoms with Gasteiger partial charge in [-0.2, -0.15) is 4.98 Å². The molecule has 0 radical (unpaired) electrons. The number of aryl methyl sites for hydroxylation is 1. The average molecular weight is 552 g/mol. The Hall–Kier alpha value is -2.47. The third-order valence-corrected chi connectivity index (χ3v) is 5.68. The van der Waals surface area contributed by atoms with Crippen LogP contribution in [0.3, 0.4) is 0 Å². The minimum absolute atomic E-state index is 0.302. The number of nitrogens with one attached hydrogen (secondary N) is 1. The van der Waals surface area contributed by atoms with Gasteiger partial charge in [0, 0.05) is 17.3 Å². The number of anilines is 1. The van der Waals surface area contributed by atoms with Gasteiger partial charge in [-0.15, -0.1) is 0 Å². The summed E-state index contributed by atoms with van der Waals surface area (Å²) in [7, 11) is 0. The van der Waals surface area contributed by atoms with Gasteiger partial charge in [-0.25, -0.2) is 9.97 Å². The SMILES string of the molecule is Cc1ccc(-c2ncon2)cc1NC(=O)c1cnc2cc(COCCOPI)ncn12. The van der Waals surface area contributed by atoms with Crippen LogP contribution in [0.25, 0.3) is 17.0 Å². The number of carbonyl (C=O) groups is 1. The lowest BCUT2D eigenvalue weighted by Gasteiger charge is -2.09. The smallest absolute Gasteiger partial charge is 0.274 e. The van der Waals surface area contributed by atoms with E-state index in [0.717, 1.165) is 16.8 Å². The molecule has 1 amide bonds. The molecule has 0 spiro atoms. The molecule has 0 bridgehead atoms. The maximum Gasteiger partial charge on any atom is 0.274 e. The molecule has 3 heterocycles. The van der Waals surface area contributed by atoms with E-state index < -0.39 is 0 Å². The standard InChI is InChI=1S/C19H18IN6O4P/c1-12-2-3-13(18-23-11-29-25-18)6-15(12)24-19(27)16-8-21-17-7-14(22-10-26(16)17)9-28-4-5-30-31-20/h2-3,6-8,10-11,31H,4-5,9H2,1H3,(H,24,27). The van der Waals surface area contributed by atoms with Crippen molar-refractivity contribution < 1.29 is 18.6 Å². The molecule has 1 N–H and O–H groups in total. The first-order chi connectivity index (χ1) is 15.2. The minimum atomic E-state index is -0.302. The largest absolute Gasteiger partial charge is 0.373 e. The summed E-state index contributed by atoms with van der Waals surface area (Å²) in [5.74, 6) is 0.147. The number of aromatic nitrogens is 5. The monoisotopic (exact) mass is 552 g/mol. The molecular formula is C19H18IN6O4P. The number of halogens is 1. The van der Waals surface area contributed by atoms with E-state index in [1.807, 2.05) is 19.1 Å². The molecule has 10 nitrogen and oxygen atoms in total. The average Bonchev–Trinajstić information content (AvgIpc) is 3.45. The lowest BCUT2D eigenvalue weighted by molar-refractivity contribution is 0.0924. The van der Waals surface area contributed by atoms with Crippen LogP contribution < -0.4 is 5.32 Å². The molecule has 1 aromatic carbocycles. The van der Waals surface area contributed by atoms with Crippen molar-refractivity contribution >= 4 is 45.7 Å². The number of ether oxygens (including phenoxy) is 1. The predicted molar refractivity (Wildman–Crippen MR) is 123 cm³/mol. The van der Waals surface area contributed by atoms with Crippen molar-refractivity contribution in [2.24, 2.45) is 0 Å². The maximum atomic E-state index is 12.9. The molecule has 4 rings (SSSR count). The van der Waals surface area contributed by atoms with Gasteiger partial charge in [0.1, 0.15) is 17.7 Å². The van der Waals surface area contributed by atoms with Gasteiger partial charge < -0.3 is 19.1 Å². The number of nitrogens with zero attached hydrogens (tertiary/aromatic N) is 5. The first-order valence-electron chi connectivity index (χ1n) is 9.21. The van der Waals surface area contributed by atoms with Crippen molar-refractivity contribution in [2.45, 2.75) is 13.5 Å². The van der Waals surface area contributed by atoms with Crippen LogP contribution in [0.4, 0.5) is 5.69 Å². The van der Waals surface area contributed by atoms with Crippen molar-refractivity contribution in [2.75, 3.05) is 18.5 Å². The van der Waals surface area contributed by atoms with Gasteiger partial charge in [0.15, 0.2) is 0 Å². The van der Waals surface area contributed by atoms with Crippen molar-refractivity contribution in [3.63, 3.8) is 0 Å². The van der Waals surface area contributed by atoms with Gasteiger partial charge in [-0.3, -0.25) is 9.20 Å². The predicted octanol–water partition coefficient (Wildman–Crippen LogP) is 3.82. The van der Waals surface area contributed by atoms with Gasteiger partial charge >= 0.3 is 0 Å². The van der Waals surface area contributed by atoms with Crippen LogP contribution in [-0.4, -0.2) is 43.6 Å². The summed E-state index contributed by atoms with van der Waals surface area (Å²) < 4.78 is 17.2. The normalized spacial score (nSPS) is 11.5. The maximum absolute atomic E-state index is 12.9. The minimum Gasteiger partial charge on any atom is -0.373 e. The quantitative estimate of drug-likeness (QED) is 0.189. The summed E-state index contributed by atoms with van der Waals surface area (Å²) in [5.41, 5.74) is 4.00. The summed E-state index contributed by atoms with van der Waals surface area (Å²) in [6.45, 7) is 3.71. The van der Waals surface area contributed by atoms with E-state index in [9.17, 15) is 4.79 Å². The molecule has 4 aromatic rings. The summed E-state index contributed by atoms with van der Waals surface area (Å²) in [6.07, 6.45) is 4.35. The zero-order valence-corrected chi connectivity index (χ0v) is 19.6. The van der Waals surface area contributed by atoms with E-state index in [4.69, 9.17) is 13.8 Å². The molecule has 1 unspecified atom stereocenters. The van der Waals surface area contributed by atoms with Crippen LogP contribution in [0.5, 0.6) is 0 Å². The molecule has 0 saturated carbocycles. The van der Waals surface area contributed by atoms with E-state index in [-0.39, 0.29) is 5.91 Å². The molecule has 0 aliphatic carbocycles. The van der Waals surface area contributed by atoms with Gasteiger partial charge in [0.2, 0.25) is 12.2 Å². The van der Waals surface area contributed by atoms with Crippen LogP contribution in [0.1, 0.15) is 21.7 Å². The molecule has 0 saturated heterocycles. The molecule has 31 heavy (non-hydrogen) atoms. The fourth-order valence-corrected chi connectivity index (χ4v) is 3.69. The molecule has 3 aromatic heterocycles. The fraction of sp³-hybridized carbons (Fsp3) is 0.211. The highest BCUT2D eigenvalue weighted by Crippen LogP contribution is 2.24. The van der Waals surface area contributed by atoms with E-state index >= 15 is 0 Å². The van der Waals surface area contributed by atoms with Crippen molar-refractivity contribution in [1.29, 1.82) is 0 Å². The number of rotatable bonds is 9. The second-order valence-corrected chi connectivity index (χ2v) is 8.23.